The first-order valence-electron chi connectivity index (χ1n) is 7.20. The number of nitrogens with one attached hydrogen (secondary N) is 1. The van der Waals surface area contributed by atoms with Crippen molar-refractivity contribution in [2.75, 3.05) is 11.1 Å². The fourth-order valence-electron chi connectivity index (χ4n) is 2.13. The van der Waals surface area contributed by atoms with Crippen LogP contribution < -0.4 is 5.32 Å². The van der Waals surface area contributed by atoms with Crippen LogP contribution in [0, 0.1) is 24.0 Å². The van der Waals surface area contributed by atoms with Gasteiger partial charge in [0.05, 0.1) is 20.9 Å². The van der Waals surface area contributed by atoms with E-state index in [0.717, 1.165) is 16.1 Å². The predicted octanol–water partition coefficient (Wildman–Crippen LogP) is 3.34. The summed E-state index contributed by atoms with van der Waals surface area (Å²) in [5.41, 5.74) is 2.16. The van der Waals surface area contributed by atoms with Gasteiger partial charge in [0.25, 0.3) is 5.69 Å². The zero-order chi connectivity index (χ0) is 18.0. The van der Waals surface area contributed by atoms with E-state index in [-0.39, 0.29) is 17.3 Å². The molecule has 128 valence electrons. The van der Waals surface area contributed by atoms with E-state index in [1.54, 1.807) is 6.07 Å². The number of carbonyl (C=O) groups is 1. The minimum Gasteiger partial charge on any atom is -0.301 e. The maximum absolute atomic E-state index is 12.1. The molecular weight excluding hydrogens is 362 g/mol. The van der Waals surface area contributed by atoms with Crippen molar-refractivity contribution >= 4 is 50.0 Å². The number of aromatic nitrogens is 3. The lowest BCUT2D eigenvalue weighted by molar-refractivity contribution is -0.384. The minimum atomic E-state index is -0.475. The van der Waals surface area contributed by atoms with E-state index in [2.05, 4.69) is 20.3 Å². The summed E-state index contributed by atoms with van der Waals surface area (Å²) in [5, 5.41) is 14.4. The van der Waals surface area contributed by atoms with Gasteiger partial charge in [-0.15, -0.1) is 0 Å². The molecule has 1 N–H and O–H groups in total. The lowest BCUT2D eigenvalue weighted by Gasteiger charge is -2.03. The number of nitro groups is 1. The molecule has 25 heavy (non-hydrogen) atoms. The molecule has 0 atom stereocenters. The average molecular weight is 375 g/mol. The van der Waals surface area contributed by atoms with Gasteiger partial charge in [0.1, 0.15) is 0 Å². The molecule has 0 saturated carbocycles. The number of amides is 1. The maximum Gasteiger partial charge on any atom is 0.271 e. The minimum absolute atomic E-state index is 0.0294. The van der Waals surface area contributed by atoms with Gasteiger partial charge in [-0.1, -0.05) is 23.1 Å². The Labute approximate surface area is 150 Å². The fraction of sp³-hybridized carbons (Fsp3) is 0.200. The Kier molecular flexibility index (Phi) is 4.91. The summed E-state index contributed by atoms with van der Waals surface area (Å²) in [4.78, 5) is 35.2. The molecule has 2 aromatic heterocycles. The molecule has 1 aromatic carbocycles. The molecule has 3 aromatic rings. The molecule has 0 aliphatic carbocycles. The average Bonchev–Trinajstić information content (AvgIpc) is 2.93. The molecule has 3 rings (SSSR count). The van der Waals surface area contributed by atoms with Gasteiger partial charge in [-0.3, -0.25) is 14.9 Å². The second kappa shape index (κ2) is 7.11. The van der Waals surface area contributed by atoms with Gasteiger partial charge in [-0.05, 0) is 26.0 Å². The number of rotatable bonds is 5. The largest absolute Gasteiger partial charge is 0.301 e. The molecule has 0 radical (unpaired) electrons. The van der Waals surface area contributed by atoms with Crippen molar-refractivity contribution in [2.24, 2.45) is 0 Å². The smallest absolute Gasteiger partial charge is 0.271 e. The van der Waals surface area contributed by atoms with Crippen molar-refractivity contribution in [2.45, 2.75) is 19.0 Å². The third-order valence-electron chi connectivity index (χ3n) is 3.12. The Bertz CT molecular complexity index is 953. The highest BCUT2D eigenvalue weighted by Gasteiger charge is 2.12. The summed E-state index contributed by atoms with van der Waals surface area (Å²) in [5.74, 6) is -0.0831. The summed E-state index contributed by atoms with van der Waals surface area (Å²) in [7, 11) is 0. The van der Waals surface area contributed by atoms with Crippen LogP contribution in [-0.2, 0) is 4.79 Å². The molecular formula is C15H13N5O3S2. The van der Waals surface area contributed by atoms with Crippen LogP contribution in [0.4, 0.5) is 10.8 Å². The van der Waals surface area contributed by atoms with Crippen LogP contribution in [0.1, 0.15) is 11.4 Å². The highest BCUT2D eigenvalue weighted by Crippen LogP contribution is 2.29. The topological polar surface area (TPSA) is 111 Å². The number of carbonyl (C=O) groups excluding carboxylic acids is 1. The SMILES string of the molecule is Cc1cc(C)nc(SCC(=O)Nc2nc3cc([N+](=O)[O-])ccc3s2)n1. The molecule has 10 heteroatoms. The van der Waals surface area contributed by atoms with Crippen LogP contribution in [0.2, 0.25) is 0 Å². The summed E-state index contributed by atoms with van der Waals surface area (Å²) in [6, 6.07) is 6.29. The van der Waals surface area contributed by atoms with Crippen LogP contribution in [0.25, 0.3) is 10.2 Å². The zero-order valence-corrected chi connectivity index (χ0v) is 15.0. The third-order valence-corrected chi connectivity index (χ3v) is 4.92. The monoisotopic (exact) mass is 375 g/mol. The lowest BCUT2D eigenvalue weighted by Crippen LogP contribution is -2.14. The number of thiazole rings is 1. The molecule has 0 aliphatic heterocycles. The number of hydrogen-bond acceptors (Lipinski definition) is 8. The van der Waals surface area contributed by atoms with Crippen LogP contribution in [-0.4, -0.2) is 31.5 Å². The highest BCUT2D eigenvalue weighted by atomic mass is 32.2. The van der Waals surface area contributed by atoms with E-state index in [0.29, 0.717) is 15.8 Å². The van der Waals surface area contributed by atoms with Gasteiger partial charge in [-0.25, -0.2) is 15.0 Å². The van der Waals surface area contributed by atoms with Crippen molar-refractivity contribution in [3.05, 3.63) is 45.8 Å². The Morgan fingerprint density at radius 3 is 2.64 bits per heavy atom. The molecule has 1 amide bonds. The fourth-order valence-corrected chi connectivity index (χ4v) is 3.74. The normalized spacial score (nSPS) is 10.8. The predicted molar refractivity (Wildman–Crippen MR) is 97.1 cm³/mol. The van der Waals surface area contributed by atoms with Crippen LogP contribution >= 0.6 is 23.1 Å². The summed E-state index contributed by atoms with van der Waals surface area (Å²) >= 11 is 2.51. The zero-order valence-electron chi connectivity index (χ0n) is 13.3. The van der Waals surface area contributed by atoms with Crippen molar-refractivity contribution < 1.29 is 9.72 Å². The number of nitro benzene ring substituents is 1. The number of anilines is 1. The van der Waals surface area contributed by atoms with Gasteiger partial charge in [0, 0.05) is 23.5 Å². The molecule has 0 fully saturated rings. The van der Waals surface area contributed by atoms with Crippen molar-refractivity contribution in [3.8, 4) is 0 Å². The summed E-state index contributed by atoms with van der Waals surface area (Å²) in [6.07, 6.45) is 0. The number of nitrogens with zero attached hydrogens (tertiary/aromatic N) is 4. The Hall–Kier alpha value is -2.59. The number of fused-ring (bicyclic) bond motifs is 1. The molecule has 0 saturated heterocycles. The molecule has 0 aliphatic rings. The van der Waals surface area contributed by atoms with Gasteiger partial charge in [0.2, 0.25) is 5.91 Å². The van der Waals surface area contributed by atoms with E-state index in [9.17, 15) is 14.9 Å². The number of aryl methyl sites for hydroxylation is 2. The van der Waals surface area contributed by atoms with E-state index < -0.39 is 4.92 Å². The second-order valence-electron chi connectivity index (χ2n) is 5.20. The molecule has 8 nitrogen and oxygen atoms in total. The van der Waals surface area contributed by atoms with Crippen LogP contribution in [0.15, 0.2) is 29.4 Å². The Balaban J connectivity index is 1.66. The number of benzene rings is 1. The lowest BCUT2D eigenvalue weighted by atomic mass is 10.3. The Morgan fingerprint density at radius 1 is 1.24 bits per heavy atom. The van der Waals surface area contributed by atoms with Crippen molar-refractivity contribution in [1.82, 2.24) is 15.0 Å². The Morgan fingerprint density at radius 2 is 1.96 bits per heavy atom. The van der Waals surface area contributed by atoms with Crippen LogP contribution in [0.3, 0.4) is 0 Å². The van der Waals surface area contributed by atoms with Gasteiger partial charge in [-0.2, -0.15) is 0 Å². The second-order valence-corrected chi connectivity index (χ2v) is 7.17. The van der Waals surface area contributed by atoms with Gasteiger partial charge >= 0.3 is 0 Å². The standard InChI is InChI=1S/C15H13N5O3S2/c1-8-5-9(2)17-14(16-8)24-7-13(21)19-15-18-11-6-10(20(22)23)3-4-12(11)25-15/h3-6H,7H2,1-2H3,(H,18,19,21). The first-order valence-corrected chi connectivity index (χ1v) is 9.01. The van der Waals surface area contributed by atoms with Crippen molar-refractivity contribution in [1.29, 1.82) is 0 Å². The molecule has 0 bridgehead atoms. The van der Waals surface area contributed by atoms with Crippen molar-refractivity contribution in [3.63, 3.8) is 0 Å². The number of hydrogen-bond donors (Lipinski definition) is 1. The number of non-ortho nitro benzene ring substituents is 1. The van der Waals surface area contributed by atoms with E-state index >= 15 is 0 Å². The first-order chi connectivity index (χ1) is 11.9. The van der Waals surface area contributed by atoms with E-state index in [1.165, 1.54) is 35.2 Å². The summed E-state index contributed by atoms with van der Waals surface area (Å²) in [6.45, 7) is 3.75. The molecule has 2 heterocycles. The van der Waals surface area contributed by atoms with Gasteiger partial charge in [0.15, 0.2) is 10.3 Å². The number of thioether (sulfide) groups is 1. The quantitative estimate of drug-likeness (QED) is 0.315. The van der Waals surface area contributed by atoms with E-state index in [1.807, 2.05) is 19.9 Å². The summed E-state index contributed by atoms with van der Waals surface area (Å²) < 4.78 is 0.770. The highest BCUT2D eigenvalue weighted by molar-refractivity contribution is 7.99. The first kappa shape index (κ1) is 17.2. The molecule has 0 unspecified atom stereocenters. The van der Waals surface area contributed by atoms with Gasteiger partial charge < -0.3 is 5.32 Å². The third kappa shape index (κ3) is 4.28. The maximum atomic E-state index is 12.1. The van der Waals surface area contributed by atoms with Crippen LogP contribution in [0.5, 0.6) is 0 Å². The van der Waals surface area contributed by atoms with E-state index in [4.69, 9.17) is 0 Å². The molecule has 0 spiro atoms.